The van der Waals surface area contributed by atoms with Gasteiger partial charge in [0.05, 0.1) is 17.9 Å². The van der Waals surface area contributed by atoms with Gasteiger partial charge in [0.1, 0.15) is 0 Å². The van der Waals surface area contributed by atoms with E-state index in [9.17, 15) is 4.79 Å². The standard InChI is InChI=1S/C22H22N4O/c27-22(17-13-16(17)15-7-2-1-3-8-15)25-19-9-6-10-20-18(19)14-24-26(20)21-11-4-5-12-23-21/h1-5,7-8,11-12,14,16-17,19H,6,9-10,13H2,(H,25,27)/t16-,17-,19+/m0/s1. The summed E-state index contributed by atoms with van der Waals surface area (Å²) in [4.78, 5) is 17.2. The summed E-state index contributed by atoms with van der Waals surface area (Å²) in [5, 5.41) is 7.84. The van der Waals surface area contributed by atoms with Gasteiger partial charge in [0.25, 0.3) is 0 Å². The zero-order chi connectivity index (χ0) is 18.2. The molecular formula is C22H22N4O. The van der Waals surface area contributed by atoms with Crippen molar-refractivity contribution in [1.29, 1.82) is 0 Å². The van der Waals surface area contributed by atoms with E-state index in [4.69, 9.17) is 0 Å². The molecule has 2 aliphatic rings. The van der Waals surface area contributed by atoms with Crippen LogP contribution in [0.1, 0.15) is 48.0 Å². The van der Waals surface area contributed by atoms with E-state index in [0.717, 1.165) is 37.1 Å². The maximum absolute atomic E-state index is 12.8. The van der Waals surface area contributed by atoms with Gasteiger partial charge in [0.15, 0.2) is 5.82 Å². The van der Waals surface area contributed by atoms with Crippen LogP contribution in [0.15, 0.2) is 60.9 Å². The van der Waals surface area contributed by atoms with E-state index >= 15 is 0 Å². The zero-order valence-corrected chi connectivity index (χ0v) is 15.1. The van der Waals surface area contributed by atoms with E-state index in [0.29, 0.717) is 5.92 Å². The van der Waals surface area contributed by atoms with E-state index in [1.165, 1.54) is 11.3 Å². The van der Waals surface area contributed by atoms with Crippen LogP contribution in [0.5, 0.6) is 0 Å². The number of aromatic nitrogens is 3. The van der Waals surface area contributed by atoms with E-state index < -0.39 is 0 Å². The van der Waals surface area contributed by atoms with Gasteiger partial charge in [-0.25, -0.2) is 9.67 Å². The lowest BCUT2D eigenvalue weighted by Gasteiger charge is -2.24. The Morgan fingerprint density at radius 1 is 1.11 bits per heavy atom. The first-order valence-corrected chi connectivity index (χ1v) is 9.65. The van der Waals surface area contributed by atoms with Crippen molar-refractivity contribution in [1.82, 2.24) is 20.1 Å². The Morgan fingerprint density at radius 2 is 1.96 bits per heavy atom. The molecule has 1 amide bonds. The van der Waals surface area contributed by atoms with Gasteiger partial charge in [0, 0.05) is 17.7 Å². The topological polar surface area (TPSA) is 59.8 Å². The Bertz CT molecular complexity index is 951. The Morgan fingerprint density at radius 3 is 2.78 bits per heavy atom. The van der Waals surface area contributed by atoms with Crippen LogP contribution < -0.4 is 5.32 Å². The number of nitrogens with zero attached hydrogens (tertiary/aromatic N) is 3. The quantitative estimate of drug-likeness (QED) is 0.776. The van der Waals surface area contributed by atoms with Crippen LogP contribution in [0.25, 0.3) is 5.82 Å². The molecule has 2 aromatic heterocycles. The number of nitrogens with one attached hydrogen (secondary N) is 1. The SMILES string of the molecule is O=C(N[C@@H]1CCCc2c1cnn2-c1ccccn1)[C@H]1C[C@H]1c1ccccc1. The molecule has 5 rings (SSSR count). The number of hydrogen-bond acceptors (Lipinski definition) is 3. The zero-order valence-electron chi connectivity index (χ0n) is 15.1. The maximum atomic E-state index is 12.8. The third-order valence-electron chi connectivity index (χ3n) is 5.72. The fraction of sp³-hybridized carbons (Fsp3) is 0.318. The van der Waals surface area contributed by atoms with Gasteiger partial charge >= 0.3 is 0 Å². The van der Waals surface area contributed by atoms with Crippen LogP contribution >= 0.6 is 0 Å². The second kappa shape index (κ2) is 6.65. The average molecular weight is 358 g/mol. The molecule has 27 heavy (non-hydrogen) atoms. The highest BCUT2D eigenvalue weighted by atomic mass is 16.2. The largest absolute Gasteiger partial charge is 0.349 e. The lowest BCUT2D eigenvalue weighted by atomic mass is 9.92. The van der Waals surface area contributed by atoms with Gasteiger partial charge in [0.2, 0.25) is 5.91 Å². The van der Waals surface area contributed by atoms with Crippen LogP contribution in [0.4, 0.5) is 0 Å². The Balaban J connectivity index is 1.32. The van der Waals surface area contributed by atoms with Crippen LogP contribution in [0, 0.1) is 5.92 Å². The molecule has 0 bridgehead atoms. The van der Waals surface area contributed by atoms with Crippen molar-refractivity contribution in [3.05, 3.63) is 77.7 Å². The lowest BCUT2D eigenvalue weighted by Crippen LogP contribution is -2.32. The number of pyridine rings is 1. The number of fused-ring (bicyclic) bond motifs is 1. The molecule has 136 valence electrons. The summed E-state index contributed by atoms with van der Waals surface area (Å²) >= 11 is 0. The second-order valence-corrected chi connectivity index (χ2v) is 7.46. The average Bonchev–Trinajstić information content (AvgIpc) is 3.41. The molecule has 5 heteroatoms. The fourth-order valence-corrected chi connectivity index (χ4v) is 4.22. The van der Waals surface area contributed by atoms with Crippen LogP contribution in [0.2, 0.25) is 0 Å². The molecule has 1 saturated carbocycles. The molecule has 0 saturated heterocycles. The number of amides is 1. The van der Waals surface area contributed by atoms with E-state index in [-0.39, 0.29) is 17.9 Å². The van der Waals surface area contributed by atoms with Crippen molar-refractivity contribution in [3.8, 4) is 5.82 Å². The summed E-state index contributed by atoms with van der Waals surface area (Å²) in [6, 6.07) is 16.2. The summed E-state index contributed by atoms with van der Waals surface area (Å²) in [5.74, 6) is 1.47. The first-order valence-electron chi connectivity index (χ1n) is 9.65. The number of rotatable bonds is 4. The van der Waals surface area contributed by atoms with Gasteiger partial charge in [-0.15, -0.1) is 0 Å². The lowest BCUT2D eigenvalue weighted by molar-refractivity contribution is -0.123. The smallest absolute Gasteiger partial charge is 0.224 e. The molecule has 1 N–H and O–H groups in total. The number of carbonyl (C=O) groups is 1. The summed E-state index contributed by atoms with van der Waals surface area (Å²) in [7, 11) is 0. The minimum absolute atomic E-state index is 0.0516. The first-order chi connectivity index (χ1) is 13.3. The van der Waals surface area contributed by atoms with Gasteiger partial charge < -0.3 is 5.32 Å². The van der Waals surface area contributed by atoms with E-state index in [1.807, 2.05) is 47.3 Å². The minimum atomic E-state index is 0.0516. The van der Waals surface area contributed by atoms with Gasteiger partial charge in [-0.1, -0.05) is 36.4 Å². The molecule has 0 aliphatic heterocycles. The molecular weight excluding hydrogens is 336 g/mol. The van der Waals surface area contributed by atoms with E-state index in [2.05, 4.69) is 27.5 Å². The Kier molecular flexibility index (Phi) is 4.00. The number of benzene rings is 1. The Labute approximate surface area is 158 Å². The summed E-state index contributed by atoms with van der Waals surface area (Å²) in [6.07, 6.45) is 7.60. The number of hydrogen-bond donors (Lipinski definition) is 1. The van der Waals surface area contributed by atoms with Gasteiger partial charge in [-0.05, 0) is 49.3 Å². The number of carbonyl (C=O) groups excluding carboxylic acids is 1. The molecule has 1 aromatic carbocycles. The predicted molar refractivity (Wildman–Crippen MR) is 102 cm³/mol. The third kappa shape index (κ3) is 3.03. The molecule has 0 unspecified atom stereocenters. The highest BCUT2D eigenvalue weighted by molar-refractivity contribution is 5.83. The molecule has 3 atom stereocenters. The fourth-order valence-electron chi connectivity index (χ4n) is 4.22. The van der Waals surface area contributed by atoms with Crippen LogP contribution in [-0.2, 0) is 11.2 Å². The molecule has 1 fully saturated rings. The summed E-state index contributed by atoms with van der Waals surface area (Å²) in [6.45, 7) is 0. The molecule has 2 aliphatic carbocycles. The minimum Gasteiger partial charge on any atom is -0.349 e. The molecule has 5 nitrogen and oxygen atoms in total. The highest BCUT2D eigenvalue weighted by Gasteiger charge is 2.44. The summed E-state index contributed by atoms with van der Waals surface area (Å²) < 4.78 is 1.91. The van der Waals surface area contributed by atoms with Crippen LogP contribution in [0.3, 0.4) is 0 Å². The van der Waals surface area contributed by atoms with Crippen molar-refractivity contribution < 1.29 is 4.79 Å². The predicted octanol–water partition coefficient (Wildman–Crippen LogP) is 3.56. The van der Waals surface area contributed by atoms with Gasteiger partial charge in [-0.2, -0.15) is 5.10 Å². The monoisotopic (exact) mass is 358 g/mol. The first kappa shape index (κ1) is 16.2. The molecule has 0 spiro atoms. The van der Waals surface area contributed by atoms with E-state index in [1.54, 1.807) is 6.20 Å². The molecule has 0 radical (unpaired) electrons. The summed E-state index contributed by atoms with van der Waals surface area (Å²) in [5.41, 5.74) is 3.57. The van der Waals surface area contributed by atoms with Crippen LogP contribution in [-0.4, -0.2) is 20.7 Å². The van der Waals surface area contributed by atoms with Crippen molar-refractivity contribution >= 4 is 5.91 Å². The van der Waals surface area contributed by atoms with Crippen molar-refractivity contribution in [2.75, 3.05) is 0 Å². The normalized spacial score (nSPS) is 23.5. The van der Waals surface area contributed by atoms with Crippen molar-refractivity contribution in [2.24, 2.45) is 5.92 Å². The third-order valence-corrected chi connectivity index (χ3v) is 5.72. The Hall–Kier alpha value is -2.95. The molecule has 3 aromatic rings. The second-order valence-electron chi connectivity index (χ2n) is 7.46. The highest BCUT2D eigenvalue weighted by Crippen LogP contribution is 2.48. The molecule has 2 heterocycles. The van der Waals surface area contributed by atoms with Crippen molar-refractivity contribution in [2.45, 2.75) is 37.6 Å². The van der Waals surface area contributed by atoms with Crippen molar-refractivity contribution in [3.63, 3.8) is 0 Å². The maximum Gasteiger partial charge on any atom is 0.224 e. The van der Waals surface area contributed by atoms with Gasteiger partial charge in [-0.3, -0.25) is 4.79 Å².